The topological polar surface area (TPSA) is 92.1 Å². The fraction of sp³-hybridized carbons (Fsp3) is 0.514. The normalized spacial score (nSPS) is 13.6. The molecule has 44 heavy (non-hydrogen) atoms. The van der Waals surface area contributed by atoms with Crippen LogP contribution in [0.1, 0.15) is 83.8 Å². The van der Waals surface area contributed by atoms with Crippen molar-refractivity contribution < 1.29 is 24.5 Å². The van der Waals surface area contributed by atoms with Crippen molar-refractivity contribution in [1.82, 2.24) is 4.98 Å². The van der Waals surface area contributed by atoms with E-state index in [1.807, 2.05) is 57.2 Å². The summed E-state index contributed by atoms with van der Waals surface area (Å²) < 4.78 is 11.5. The van der Waals surface area contributed by atoms with Gasteiger partial charge in [0.25, 0.3) is 0 Å². The quantitative estimate of drug-likeness (QED) is 0.253. The highest BCUT2D eigenvalue weighted by molar-refractivity contribution is 5.85. The number of hydrogen-bond acceptors (Lipinski definition) is 7. The molecule has 1 saturated heterocycles. The predicted molar refractivity (Wildman–Crippen MR) is 183 cm³/mol. The van der Waals surface area contributed by atoms with Gasteiger partial charge in [-0.2, -0.15) is 0 Å². The van der Waals surface area contributed by atoms with Crippen molar-refractivity contribution in [3.05, 3.63) is 71.0 Å². The van der Waals surface area contributed by atoms with E-state index in [-0.39, 0.29) is 0 Å². The number of pyridine rings is 1. The van der Waals surface area contributed by atoms with Gasteiger partial charge in [0.15, 0.2) is 0 Å². The Morgan fingerprint density at radius 1 is 0.955 bits per heavy atom. The highest BCUT2D eigenvalue weighted by Gasteiger charge is 2.29. The number of ether oxygens (including phenoxy) is 2. The van der Waals surface area contributed by atoms with Crippen molar-refractivity contribution in [2.24, 2.45) is 5.41 Å². The fourth-order valence-corrected chi connectivity index (χ4v) is 4.93. The number of aromatic nitrogens is 1. The van der Waals surface area contributed by atoms with Crippen molar-refractivity contribution >= 4 is 12.0 Å². The van der Waals surface area contributed by atoms with E-state index in [2.05, 4.69) is 37.8 Å². The summed E-state index contributed by atoms with van der Waals surface area (Å²) in [5, 5.41) is 15.5. The average Bonchev–Trinajstić information content (AvgIpc) is 2.99. The minimum absolute atomic E-state index is 0.346. The molecule has 7 nitrogen and oxygen atoms in total. The smallest absolute Gasteiger partial charge is 0.125 e. The van der Waals surface area contributed by atoms with Gasteiger partial charge in [0.05, 0.1) is 18.4 Å². The zero-order valence-corrected chi connectivity index (χ0v) is 29.0. The number of benzene rings is 2. The molecule has 0 amide bonds. The van der Waals surface area contributed by atoms with Crippen LogP contribution in [0.2, 0.25) is 0 Å². The lowest BCUT2D eigenvalue weighted by molar-refractivity contribution is -0.107. The van der Waals surface area contributed by atoms with Crippen molar-refractivity contribution in [3.8, 4) is 22.6 Å². The van der Waals surface area contributed by atoms with Crippen molar-refractivity contribution in [2.75, 3.05) is 32.2 Å². The second kappa shape index (κ2) is 18.4. The number of carbonyl (C=O) groups excluding carboxylic acids is 1. The number of methoxy groups -OCH3 is 1. The van der Waals surface area contributed by atoms with Gasteiger partial charge in [0.2, 0.25) is 0 Å². The standard InChI is InChI=1S/C30H36N2O3.C4H10O.C2H6.CH4O/c1-21-26(14-19-33)29(32-17-15-30(3,4)16-18-32)28(22(2)31-21)23-10-12-25(13-11-23)35-20-24-8-6-7-9-27(24)34-5;1-4(2,3)5;2*1-2/h6-13,19H,14-18,20H2,1-5H3;5H,1-3H3;1-2H3;2H,1H3. The maximum Gasteiger partial charge on any atom is 0.125 e. The SMILES string of the molecule is CC.CC(C)(C)O.CO.COc1ccccc1COc1ccc(-c2c(C)nc(C)c(CC=O)c2N2CCC(C)(C)CC2)cc1. The second-order valence-electron chi connectivity index (χ2n) is 12.3. The fourth-order valence-electron chi connectivity index (χ4n) is 4.93. The molecule has 1 aliphatic rings. The number of aliphatic hydroxyl groups excluding tert-OH is 1. The van der Waals surface area contributed by atoms with E-state index in [1.165, 1.54) is 5.69 Å². The first-order valence-corrected chi connectivity index (χ1v) is 15.5. The zero-order valence-electron chi connectivity index (χ0n) is 29.0. The Morgan fingerprint density at radius 2 is 1.50 bits per heavy atom. The van der Waals surface area contributed by atoms with Crippen LogP contribution < -0.4 is 14.4 Å². The van der Waals surface area contributed by atoms with Crippen LogP contribution in [0.25, 0.3) is 11.1 Å². The van der Waals surface area contributed by atoms with Crippen LogP contribution in [0.3, 0.4) is 0 Å². The van der Waals surface area contributed by atoms with Crippen molar-refractivity contribution in [2.45, 2.75) is 93.8 Å². The van der Waals surface area contributed by atoms with Gasteiger partial charge in [-0.3, -0.25) is 4.98 Å². The van der Waals surface area contributed by atoms with E-state index < -0.39 is 5.60 Å². The van der Waals surface area contributed by atoms with E-state index in [0.29, 0.717) is 18.4 Å². The van der Waals surface area contributed by atoms with Gasteiger partial charge >= 0.3 is 0 Å². The third-order valence-corrected chi connectivity index (χ3v) is 7.11. The summed E-state index contributed by atoms with van der Waals surface area (Å²) in [7, 11) is 2.67. The molecule has 2 aromatic carbocycles. The first kappa shape index (κ1) is 38.6. The Bertz CT molecular complexity index is 1260. The molecule has 0 aliphatic carbocycles. The summed E-state index contributed by atoms with van der Waals surface area (Å²) in [6.45, 7) is 20.4. The van der Waals surface area contributed by atoms with Gasteiger partial charge in [0, 0.05) is 54.7 Å². The molecular formula is C37H56N2O5. The summed E-state index contributed by atoms with van der Waals surface area (Å²) in [4.78, 5) is 18.9. The number of hydrogen-bond donors (Lipinski definition) is 2. The van der Waals surface area contributed by atoms with E-state index in [4.69, 9.17) is 24.7 Å². The number of piperidine rings is 1. The molecule has 0 radical (unpaired) electrons. The average molecular weight is 609 g/mol. The van der Waals surface area contributed by atoms with Crippen LogP contribution in [-0.4, -0.2) is 54.4 Å². The van der Waals surface area contributed by atoms with Gasteiger partial charge < -0.3 is 29.4 Å². The third kappa shape index (κ3) is 11.9. The van der Waals surface area contributed by atoms with Crippen LogP contribution in [0.15, 0.2) is 48.5 Å². The molecule has 7 heteroatoms. The highest BCUT2D eigenvalue weighted by atomic mass is 16.5. The van der Waals surface area contributed by atoms with Gasteiger partial charge in [-0.25, -0.2) is 0 Å². The van der Waals surface area contributed by atoms with Crippen LogP contribution in [0.5, 0.6) is 11.5 Å². The van der Waals surface area contributed by atoms with Crippen LogP contribution in [-0.2, 0) is 17.8 Å². The highest BCUT2D eigenvalue weighted by Crippen LogP contribution is 2.41. The Kier molecular flexibility index (Phi) is 16.1. The molecule has 2 N–H and O–H groups in total. The van der Waals surface area contributed by atoms with Crippen LogP contribution in [0, 0.1) is 19.3 Å². The summed E-state index contributed by atoms with van der Waals surface area (Å²) in [6, 6.07) is 16.1. The van der Waals surface area contributed by atoms with Gasteiger partial charge in [-0.1, -0.05) is 58.0 Å². The van der Waals surface area contributed by atoms with Crippen LogP contribution >= 0.6 is 0 Å². The number of para-hydroxylation sites is 1. The molecule has 0 spiro atoms. The number of carbonyl (C=O) groups is 1. The Morgan fingerprint density at radius 3 is 2.02 bits per heavy atom. The van der Waals surface area contributed by atoms with Gasteiger partial charge in [-0.05, 0) is 76.6 Å². The largest absolute Gasteiger partial charge is 0.496 e. The molecule has 244 valence electrons. The van der Waals surface area contributed by atoms with Gasteiger partial charge in [0.1, 0.15) is 24.4 Å². The van der Waals surface area contributed by atoms with E-state index in [9.17, 15) is 4.79 Å². The summed E-state index contributed by atoms with van der Waals surface area (Å²) in [5.74, 6) is 1.62. The minimum atomic E-state index is -0.500. The lowest BCUT2D eigenvalue weighted by Crippen LogP contribution is -2.38. The molecule has 0 unspecified atom stereocenters. The summed E-state index contributed by atoms with van der Waals surface area (Å²) >= 11 is 0. The Labute approximate surface area is 266 Å². The maximum absolute atomic E-state index is 11.6. The molecular weight excluding hydrogens is 552 g/mol. The molecule has 1 aliphatic heterocycles. The van der Waals surface area contributed by atoms with E-state index >= 15 is 0 Å². The molecule has 0 saturated carbocycles. The predicted octanol–water partition coefficient (Wildman–Crippen LogP) is 7.73. The van der Waals surface area contributed by atoms with E-state index in [0.717, 1.165) is 84.5 Å². The maximum atomic E-state index is 11.6. The second-order valence-corrected chi connectivity index (χ2v) is 12.3. The lowest BCUT2D eigenvalue weighted by Gasteiger charge is -2.40. The number of nitrogens with zero attached hydrogens (tertiary/aromatic N) is 2. The molecule has 3 aromatic rings. The molecule has 0 atom stereocenters. The molecule has 1 aromatic heterocycles. The number of aliphatic hydroxyl groups is 2. The van der Waals surface area contributed by atoms with Crippen molar-refractivity contribution in [3.63, 3.8) is 0 Å². The number of aryl methyl sites for hydroxylation is 2. The van der Waals surface area contributed by atoms with E-state index in [1.54, 1.807) is 27.9 Å². The van der Waals surface area contributed by atoms with Crippen LogP contribution in [0.4, 0.5) is 5.69 Å². The molecule has 2 heterocycles. The van der Waals surface area contributed by atoms with Gasteiger partial charge in [-0.15, -0.1) is 0 Å². The summed E-state index contributed by atoms with van der Waals surface area (Å²) in [5.41, 5.74) is 7.19. The monoisotopic (exact) mass is 608 g/mol. The first-order chi connectivity index (χ1) is 20.8. The van der Waals surface area contributed by atoms with Crippen molar-refractivity contribution in [1.29, 1.82) is 0 Å². The Hall–Kier alpha value is -3.42. The Balaban J connectivity index is 0.000000962. The first-order valence-electron chi connectivity index (χ1n) is 15.5. The zero-order chi connectivity index (χ0) is 33.5. The molecule has 0 bridgehead atoms. The summed E-state index contributed by atoms with van der Waals surface area (Å²) in [6.07, 6.45) is 3.63. The number of anilines is 1. The number of aldehydes is 1. The minimum Gasteiger partial charge on any atom is -0.496 e. The third-order valence-electron chi connectivity index (χ3n) is 7.11. The lowest BCUT2D eigenvalue weighted by atomic mass is 9.82. The molecule has 1 fully saturated rings. The number of rotatable bonds is 8. The molecule has 4 rings (SSSR count).